The zero-order chi connectivity index (χ0) is 16.1. The lowest BCUT2D eigenvalue weighted by molar-refractivity contribution is 0.222. The molecule has 2 heterocycles. The molecule has 1 aromatic carbocycles. The summed E-state index contributed by atoms with van der Waals surface area (Å²) in [6.07, 6.45) is 7.09. The molecule has 2 aromatic rings. The van der Waals surface area contributed by atoms with Gasteiger partial charge in [-0.1, -0.05) is 22.9 Å². The minimum Gasteiger partial charge on any atom is -0.493 e. The van der Waals surface area contributed by atoms with Crippen LogP contribution in [0.4, 0.5) is 5.95 Å². The number of halogens is 1. The Labute approximate surface area is 146 Å². The van der Waals surface area contributed by atoms with Crippen LogP contribution in [0.25, 0.3) is 0 Å². The van der Waals surface area contributed by atoms with Crippen molar-refractivity contribution in [3.8, 4) is 5.75 Å². The summed E-state index contributed by atoms with van der Waals surface area (Å²) >= 11 is 3.44. The molecule has 5 heteroatoms. The maximum absolute atomic E-state index is 5.90. The molecule has 0 bridgehead atoms. The molecule has 4 nitrogen and oxygen atoms in total. The van der Waals surface area contributed by atoms with Gasteiger partial charge < -0.3 is 9.64 Å². The average molecular weight is 376 g/mol. The maximum atomic E-state index is 5.90. The normalized spacial score (nSPS) is 15.7. The fraction of sp³-hybridized carbons (Fsp3) is 0.444. The molecule has 1 aromatic heterocycles. The number of ether oxygens (including phenoxy) is 1. The lowest BCUT2D eigenvalue weighted by Crippen LogP contribution is -2.36. The van der Waals surface area contributed by atoms with Crippen LogP contribution in [0.2, 0.25) is 0 Å². The predicted molar refractivity (Wildman–Crippen MR) is 96.0 cm³/mol. The fourth-order valence-corrected chi connectivity index (χ4v) is 3.00. The van der Waals surface area contributed by atoms with E-state index in [9.17, 15) is 0 Å². The molecular weight excluding hydrogens is 354 g/mol. The summed E-state index contributed by atoms with van der Waals surface area (Å²) in [5.41, 5.74) is 1.19. The van der Waals surface area contributed by atoms with E-state index in [1.54, 1.807) is 0 Å². The van der Waals surface area contributed by atoms with Crippen molar-refractivity contribution in [3.05, 3.63) is 46.7 Å². The van der Waals surface area contributed by atoms with E-state index >= 15 is 0 Å². The summed E-state index contributed by atoms with van der Waals surface area (Å²) in [4.78, 5) is 11.2. The molecule has 0 radical (unpaired) electrons. The van der Waals surface area contributed by atoms with Crippen molar-refractivity contribution < 1.29 is 4.74 Å². The van der Waals surface area contributed by atoms with Crippen LogP contribution in [0.5, 0.6) is 5.75 Å². The van der Waals surface area contributed by atoms with Gasteiger partial charge in [0.25, 0.3) is 0 Å². The molecule has 1 fully saturated rings. The van der Waals surface area contributed by atoms with Crippen LogP contribution in [-0.4, -0.2) is 29.7 Å². The predicted octanol–water partition coefficient (Wildman–Crippen LogP) is 4.10. The van der Waals surface area contributed by atoms with Gasteiger partial charge in [0, 0.05) is 30.0 Å². The van der Waals surface area contributed by atoms with Crippen molar-refractivity contribution in [1.29, 1.82) is 0 Å². The van der Waals surface area contributed by atoms with Crippen LogP contribution in [0.15, 0.2) is 41.1 Å². The van der Waals surface area contributed by atoms with Crippen LogP contribution in [0.3, 0.4) is 0 Å². The van der Waals surface area contributed by atoms with E-state index in [1.165, 1.54) is 5.56 Å². The van der Waals surface area contributed by atoms with Crippen LogP contribution >= 0.6 is 15.9 Å². The highest BCUT2D eigenvalue weighted by atomic mass is 79.9. The van der Waals surface area contributed by atoms with Crippen molar-refractivity contribution in [2.45, 2.75) is 26.2 Å². The number of aromatic nitrogens is 2. The zero-order valence-corrected chi connectivity index (χ0v) is 15.0. The van der Waals surface area contributed by atoms with Gasteiger partial charge in [-0.05, 0) is 55.0 Å². The monoisotopic (exact) mass is 375 g/mol. The molecule has 0 spiro atoms. The first-order valence-electron chi connectivity index (χ1n) is 8.19. The summed E-state index contributed by atoms with van der Waals surface area (Å²) < 4.78 is 6.98. The zero-order valence-electron chi connectivity index (χ0n) is 13.4. The van der Waals surface area contributed by atoms with Crippen molar-refractivity contribution in [2.75, 3.05) is 24.6 Å². The van der Waals surface area contributed by atoms with Crippen LogP contribution in [0, 0.1) is 5.92 Å². The average Bonchev–Trinajstić information content (AvgIpc) is 2.62. The lowest BCUT2D eigenvalue weighted by atomic mass is 9.98. The van der Waals surface area contributed by atoms with Gasteiger partial charge in [-0.15, -0.1) is 0 Å². The Morgan fingerprint density at radius 2 is 1.78 bits per heavy atom. The van der Waals surface area contributed by atoms with Gasteiger partial charge in [0.15, 0.2) is 0 Å². The topological polar surface area (TPSA) is 38.2 Å². The summed E-state index contributed by atoms with van der Waals surface area (Å²) in [5, 5.41) is 0. The van der Waals surface area contributed by atoms with Crippen LogP contribution in [-0.2, 0) is 6.42 Å². The molecule has 23 heavy (non-hydrogen) atoms. The van der Waals surface area contributed by atoms with Crippen molar-refractivity contribution >= 4 is 21.9 Å². The Morgan fingerprint density at radius 1 is 1.13 bits per heavy atom. The molecule has 0 aliphatic carbocycles. The second-order valence-electron chi connectivity index (χ2n) is 5.94. The Morgan fingerprint density at radius 3 is 2.39 bits per heavy atom. The standard InChI is InChI=1S/C18H22BrN3O/c1-2-14-11-20-18(21-12-14)22-9-7-15(8-10-22)13-23-17-5-3-16(19)4-6-17/h3-6,11-12,15H,2,7-10,13H2,1H3. The Bertz CT molecular complexity index is 607. The summed E-state index contributed by atoms with van der Waals surface area (Å²) in [6.45, 7) is 4.90. The first-order chi connectivity index (χ1) is 11.2. The maximum Gasteiger partial charge on any atom is 0.225 e. The fourth-order valence-electron chi connectivity index (χ4n) is 2.74. The number of hydrogen-bond acceptors (Lipinski definition) is 4. The van der Waals surface area contributed by atoms with Gasteiger partial charge in [0.1, 0.15) is 5.75 Å². The van der Waals surface area contributed by atoms with Crippen LogP contribution in [0.1, 0.15) is 25.3 Å². The third-order valence-electron chi connectivity index (χ3n) is 4.30. The molecule has 0 unspecified atom stereocenters. The number of piperidine rings is 1. The number of rotatable bonds is 5. The molecular formula is C18H22BrN3O. The number of benzene rings is 1. The molecule has 1 aliphatic heterocycles. The Balaban J connectivity index is 1.47. The first kappa shape index (κ1) is 16.2. The highest BCUT2D eigenvalue weighted by Crippen LogP contribution is 2.22. The minimum atomic E-state index is 0.602. The second kappa shape index (κ2) is 7.77. The lowest BCUT2D eigenvalue weighted by Gasteiger charge is -2.31. The van der Waals surface area contributed by atoms with Crippen molar-refractivity contribution in [2.24, 2.45) is 5.92 Å². The molecule has 3 rings (SSSR count). The van der Waals surface area contributed by atoms with E-state index in [0.29, 0.717) is 5.92 Å². The van der Waals surface area contributed by atoms with Gasteiger partial charge in [-0.3, -0.25) is 0 Å². The first-order valence-corrected chi connectivity index (χ1v) is 8.98. The number of nitrogens with zero attached hydrogens (tertiary/aromatic N) is 3. The quantitative estimate of drug-likeness (QED) is 0.788. The second-order valence-corrected chi connectivity index (χ2v) is 6.86. The molecule has 0 amide bonds. The summed E-state index contributed by atoms with van der Waals surface area (Å²) in [6, 6.07) is 8.02. The third kappa shape index (κ3) is 4.44. The van der Waals surface area contributed by atoms with Crippen LogP contribution < -0.4 is 9.64 Å². The Hall–Kier alpha value is -1.62. The third-order valence-corrected chi connectivity index (χ3v) is 4.83. The molecule has 0 N–H and O–H groups in total. The molecule has 122 valence electrons. The van der Waals surface area contributed by atoms with Gasteiger partial charge >= 0.3 is 0 Å². The van der Waals surface area contributed by atoms with Gasteiger partial charge in [0.2, 0.25) is 5.95 Å². The Kier molecular flexibility index (Phi) is 5.49. The number of hydrogen-bond donors (Lipinski definition) is 0. The van der Waals surface area contributed by atoms with E-state index in [1.807, 2.05) is 36.7 Å². The van der Waals surface area contributed by atoms with Crippen molar-refractivity contribution in [1.82, 2.24) is 9.97 Å². The van der Waals surface area contributed by atoms with E-state index < -0.39 is 0 Å². The SMILES string of the molecule is CCc1cnc(N2CCC(COc3ccc(Br)cc3)CC2)nc1. The summed E-state index contributed by atoms with van der Waals surface area (Å²) in [5.74, 6) is 2.40. The van der Waals surface area contributed by atoms with Crippen molar-refractivity contribution in [3.63, 3.8) is 0 Å². The molecule has 1 aliphatic rings. The summed E-state index contributed by atoms with van der Waals surface area (Å²) in [7, 11) is 0. The highest BCUT2D eigenvalue weighted by Gasteiger charge is 2.21. The van der Waals surface area contributed by atoms with E-state index in [2.05, 4.69) is 37.7 Å². The molecule has 0 saturated carbocycles. The minimum absolute atomic E-state index is 0.602. The molecule has 1 saturated heterocycles. The van der Waals surface area contributed by atoms with E-state index in [-0.39, 0.29) is 0 Å². The van der Waals surface area contributed by atoms with E-state index in [4.69, 9.17) is 4.74 Å². The number of aryl methyl sites for hydroxylation is 1. The van der Waals surface area contributed by atoms with Gasteiger partial charge in [-0.2, -0.15) is 0 Å². The highest BCUT2D eigenvalue weighted by molar-refractivity contribution is 9.10. The largest absolute Gasteiger partial charge is 0.493 e. The van der Waals surface area contributed by atoms with E-state index in [0.717, 1.165) is 55.1 Å². The smallest absolute Gasteiger partial charge is 0.225 e. The van der Waals surface area contributed by atoms with Gasteiger partial charge in [0.05, 0.1) is 6.61 Å². The molecule has 0 atom stereocenters. The number of anilines is 1. The van der Waals surface area contributed by atoms with Gasteiger partial charge in [-0.25, -0.2) is 9.97 Å².